The van der Waals surface area contributed by atoms with Crippen molar-refractivity contribution < 1.29 is 9.53 Å². The summed E-state index contributed by atoms with van der Waals surface area (Å²) in [5.41, 5.74) is 0. The first-order chi connectivity index (χ1) is 9.15. The maximum absolute atomic E-state index is 12.0. The molecule has 1 amide bonds. The van der Waals surface area contributed by atoms with Crippen molar-refractivity contribution >= 4 is 17.5 Å². The average molecular weight is 283 g/mol. The normalized spacial score (nSPS) is 20.6. The number of hydrogen-bond acceptors (Lipinski definition) is 3. The fourth-order valence-corrected chi connectivity index (χ4v) is 2.27. The van der Waals surface area contributed by atoms with Gasteiger partial charge < -0.3 is 15.4 Å². The van der Waals surface area contributed by atoms with Crippen LogP contribution in [-0.2, 0) is 4.79 Å². The first-order valence-corrected chi connectivity index (χ1v) is 6.96. The maximum Gasteiger partial charge on any atom is 0.261 e. The first kappa shape index (κ1) is 14.2. The molecule has 1 aromatic carbocycles. The molecule has 1 aromatic rings. The summed E-state index contributed by atoms with van der Waals surface area (Å²) in [4.78, 5) is 12.0. The van der Waals surface area contributed by atoms with Gasteiger partial charge in [0, 0.05) is 17.6 Å². The zero-order valence-electron chi connectivity index (χ0n) is 11.0. The van der Waals surface area contributed by atoms with Gasteiger partial charge in [-0.3, -0.25) is 4.79 Å². The molecule has 0 spiro atoms. The first-order valence-electron chi connectivity index (χ1n) is 6.58. The standard InChI is InChI=1S/C14H19ClN2O2/c1-10(19-13-6-2-4-11(15)8-13)14(18)17-12-5-3-7-16-9-12/h2,4,6,8,10,12,16H,3,5,7,9H2,1H3,(H,17,18). The Labute approximate surface area is 118 Å². The molecule has 2 unspecified atom stereocenters. The lowest BCUT2D eigenvalue weighted by atomic mass is 10.1. The highest BCUT2D eigenvalue weighted by molar-refractivity contribution is 6.30. The lowest BCUT2D eigenvalue weighted by Gasteiger charge is -2.25. The lowest BCUT2D eigenvalue weighted by molar-refractivity contribution is -0.128. The number of halogens is 1. The molecule has 1 saturated heterocycles. The van der Waals surface area contributed by atoms with E-state index in [1.54, 1.807) is 31.2 Å². The number of hydrogen-bond donors (Lipinski definition) is 2. The molecule has 4 nitrogen and oxygen atoms in total. The van der Waals surface area contributed by atoms with E-state index in [2.05, 4.69) is 10.6 Å². The molecule has 0 radical (unpaired) electrons. The monoisotopic (exact) mass is 282 g/mol. The quantitative estimate of drug-likeness (QED) is 0.888. The number of ether oxygens (including phenoxy) is 1. The second-order valence-corrected chi connectivity index (χ2v) is 5.21. The minimum Gasteiger partial charge on any atom is -0.481 e. The largest absolute Gasteiger partial charge is 0.481 e. The predicted molar refractivity (Wildman–Crippen MR) is 75.6 cm³/mol. The van der Waals surface area contributed by atoms with Crippen molar-refractivity contribution in [3.63, 3.8) is 0 Å². The van der Waals surface area contributed by atoms with Gasteiger partial charge in [-0.05, 0) is 44.5 Å². The fraction of sp³-hybridized carbons (Fsp3) is 0.500. The number of carbonyl (C=O) groups is 1. The highest BCUT2D eigenvalue weighted by Crippen LogP contribution is 2.18. The molecule has 5 heteroatoms. The molecule has 0 saturated carbocycles. The minimum absolute atomic E-state index is 0.0892. The van der Waals surface area contributed by atoms with E-state index in [1.165, 1.54) is 0 Å². The van der Waals surface area contributed by atoms with E-state index in [0.29, 0.717) is 10.8 Å². The zero-order valence-corrected chi connectivity index (χ0v) is 11.7. The van der Waals surface area contributed by atoms with Crippen LogP contribution in [0.5, 0.6) is 5.75 Å². The van der Waals surface area contributed by atoms with Crippen molar-refractivity contribution in [2.45, 2.75) is 31.9 Å². The van der Waals surface area contributed by atoms with Crippen LogP contribution in [0.1, 0.15) is 19.8 Å². The Morgan fingerprint density at radius 2 is 2.42 bits per heavy atom. The number of rotatable bonds is 4. The van der Waals surface area contributed by atoms with Gasteiger partial charge >= 0.3 is 0 Å². The number of benzene rings is 1. The predicted octanol–water partition coefficient (Wildman–Crippen LogP) is 1.98. The van der Waals surface area contributed by atoms with Gasteiger partial charge in [-0.1, -0.05) is 17.7 Å². The van der Waals surface area contributed by atoms with Gasteiger partial charge in [0.1, 0.15) is 5.75 Å². The smallest absolute Gasteiger partial charge is 0.261 e. The average Bonchev–Trinajstić information content (AvgIpc) is 2.40. The van der Waals surface area contributed by atoms with E-state index in [-0.39, 0.29) is 11.9 Å². The van der Waals surface area contributed by atoms with Crippen molar-refractivity contribution in [3.05, 3.63) is 29.3 Å². The highest BCUT2D eigenvalue weighted by Gasteiger charge is 2.20. The van der Waals surface area contributed by atoms with Gasteiger partial charge in [-0.2, -0.15) is 0 Å². The molecule has 1 aliphatic heterocycles. The number of nitrogens with one attached hydrogen (secondary N) is 2. The topological polar surface area (TPSA) is 50.4 Å². The van der Waals surface area contributed by atoms with Gasteiger partial charge in [0.25, 0.3) is 5.91 Å². The van der Waals surface area contributed by atoms with Crippen LogP contribution >= 0.6 is 11.6 Å². The summed E-state index contributed by atoms with van der Waals surface area (Å²) >= 11 is 5.87. The third-order valence-electron chi connectivity index (χ3n) is 3.12. The van der Waals surface area contributed by atoms with Crippen molar-refractivity contribution in [3.8, 4) is 5.75 Å². The molecule has 104 valence electrons. The van der Waals surface area contributed by atoms with E-state index in [9.17, 15) is 4.79 Å². The summed E-state index contributed by atoms with van der Waals surface area (Å²) in [7, 11) is 0. The van der Waals surface area contributed by atoms with Gasteiger partial charge in [0.05, 0.1) is 0 Å². The SMILES string of the molecule is CC(Oc1cccc(Cl)c1)C(=O)NC1CCCNC1. The summed E-state index contributed by atoms with van der Waals surface area (Å²) in [6.45, 7) is 3.60. The zero-order chi connectivity index (χ0) is 13.7. The van der Waals surface area contributed by atoms with Crippen molar-refractivity contribution in [2.24, 2.45) is 0 Å². The molecular formula is C14H19ClN2O2. The highest BCUT2D eigenvalue weighted by atomic mass is 35.5. The number of amides is 1. The Kier molecular flexibility index (Phi) is 5.05. The van der Waals surface area contributed by atoms with Crippen molar-refractivity contribution in [1.82, 2.24) is 10.6 Å². The summed E-state index contributed by atoms with van der Waals surface area (Å²) < 4.78 is 5.58. The molecule has 0 aromatic heterocycles. The van der Waals surface area contributed by atoms with Crippen LogP contribution in [0.15, 0.2) is 24.3 Å². The Morgan fingerprint density at radius 1 is 1.58 bits per heavy atom. The van der Waals surface area contributed by atoms with Crippen LogP contribution in [0.4, 0.5) is 0 Å². The van der Waals surface area contributed by atoms with E-state index in [0.717, 1.165) is 25.9 Å². The van der Waals surface area contributed by atoms with Crippen LogP contribution < -0.4 is 15.4 Å². The molecule has 2 N–H and O–H groups in total. The van der Waals surface area contributed by atoms with Crippen LogP contribution in [0.25, 0.3) is 0 Å². The molecule has 0 aliphatic carbocycles. The Bertz CT molecular complexity index is 433. The molecule has 2 atom stereocenters. The van der Waals surface area contributed by atoms with E-state index >= 15 is 0 Å². The number of carbonyl (C=O) groups excluding carboxylic acids is 1. The van der Waals surface area contributed by atoms with Gasteiger partial charge in [-0.15, -0.1) is 0 Å². The van der Waals surface area contributed by atoms with Crippen LogP contribution in [0.3, 0.4) is 0 Å². The van der Waals surface area contributed by atoms with Crippen LogP contribution in [0, 0.1) is 0 Å². The second-order valence-electron chi connectivity index (χ2n) is 4.77. The molecular weight excluding hydrogens is 264 g/mol. The van der Waals surface area contributed by atoms with E-state index in [4.69, 9.17) is 16.3 Å². The third-order valence-corrected chi connectivity index (χ3v) is 3.36. The van der Waals surface area contributed by atoms with Gasteiger partial charge in [-0.25, -0.2) is 0 Å². The summed E-state index contributed by atoms with van der Waals surface area (Å²) in [6.07, 6.45) is 1.58. The molecule has 0 bridgehead atoms. The Morgan fingerprint density at radius 3 is 3.11 bits per heavy atom. The maximum atomic E-state index is 12.0. The molecule has 1 fully saturated rings. The summed E-state index contributed by atoms with van der Waals surface area (Å²) in [5, 5.41) is 6.86. The van der Waals surface area contributed by atoms with E-state index < -0.39 is 6.10 Å². The molecule has 2 rings (SSSR count). The molecule has 1 aliphatic rings. The summed E-state index contributed by atoms with van der Waals surface area (Å²) in [6, 6.07) is 7.26. The Balaban J connectivity index is 1.84. The third kappa shape index (κ3) is 4.40. The van der Waals surface area contributed by atoms with Gasteiger partial charge in [0.2, 0.25) is 0 Å². The summed E-state index contributed by atoms with van der Waals surface area (Å²) in [5.74, 6) is 0.519. The minimum atomic E-state index is -0.527. The van der Waals surface area contributed by atoms with E-state index in [1.807, 2.05) is 0 Å². The van der Waals surface area contributed by atoms with Crippen LogP contribution in [-0.4, -0.2) is 31.1 Å². The van der Waals surface area contributed by atoms with Crippen molar-refractivity contribution in [1.29, 1.82) is 0 Å². The lowest BCUT2D eigenvalue weighted by Crippen LogP contribution is -2.49. The van der Waals surface area contributed by atoms with Crippen LogP contribution in [0.2, 0.25) is 5.02 Å². The Hall–Kier alpha value is -1.26. The molecule has 1 heterocycles. The molecule has 19 heavy (non-hydrogen) atoms. The second kappa shape index (κ2) is 6.78. The number of piperidine rings is 1. The van der Waals surface area contributed by atoms with Gasteiger partial charge in [0.15, 0.2) is 6.10 Å². The fourth-order valence-electron chi connectivity index (χ4n) is 2.09. The van der Waals surface area contributed by atoms with Crippen molar-refractivity contribution in [2.75, 3.05) is 13.1 Å².